The zero-order valence-corrected chi connectivity index (χ0v) is 15.1. The summed E-state index contributed by atoms with van der Waals surface area (Å²) in [6.07, 6.45) is 0. The molecule has 7 nitrogen and oxygen atoms in total. The second-order valence-electron chi connectivity index (χ2n) is 6.04. The normalized spacial score (nSPS) is 16.1. The van der Waals surface area contributed by atoms with Crippen LogP contribution in [0.15, 0.2) is 17.1 Å². The Morgan fingerprint density at radius 1 is 1.17 bits per heavy atom. The Kier molecular flexibility index (Phi) is 6.14. The summed E-state index contributed by atoms with van der Waals surface area (Å²) >= 11 is 0. The summed E-state index contributed by atoms with van der Waals surface area (Å²) in [5.74, 6) is 2.45. The highest BCUT2D eigenvalue weighted by molar-refractivity contribution is 5.94. The molecule has 2 N–H and O–H groups in total. The van der Waals surface area contributed by atoms with Crippen molar-refractivity contribution < 1.29 is 18.9 Å². The van der Waals surface area contributed by atoms with Crippen molar-refractivity contribution in [2.45, 2.75) is 13.8 Å². The van der Waals surface area contributed by atoms with E-state index in [-0.39, 0.29) is 5.41 Å². The SMILES string of the molecule is CCNC(=NCC1(C)COC1)Nc1cc(OC)c(OC)c(OC)c1. The minimum Gasteiger partial charge on any atom is -0.493 e. The van der Waals surface area contributed by atoms with Gasteiger partial charge in [0.15, 0.2) is 17.5 Å². The zero-order chi connectivity index (χ0) is 17.6. The Morgan fingerprint density at radius 3 is 2.21 bits per heavy atom. The van der Waals surface area contributed by atoms with Crippen LogP contribution in [0.25, 0.3) is 0 Å². The van der Waals surface area contributed by atoms with Crippen molar-refractivity contribution in [3.8, 4) is 17.2 Å². The van der Waals surface area contributed by atoms with Crippen LogP contribution in [-0.2, 0) is 4.74 Å². The number of nitrogens with one attached hydrogen (secondary N) is 2. The second kappa shape index (κ2) is 8.10. The van der Waals surface area contributed by atoms with Crippen molar-refractivity contribution in [2.75, 3.05) is 52.9 Å². The molecule has 0 radical (unpaired) electrons. The number of hydrogen-bond donors (Lipinski definition) is 2. The molecule has 7 heteroatoms. The third-order valence-electron chi connectivity index (χ3n) is 3.79. The van der Waals surface area contributed by atoms with E-state index in [0.717, 1.165) is 25.4 Å². The summed E-state index contributed by atoms with van der Waals surface area (Å²) in [5.41, 5.74) is 0.927. The fourth-order valence-electron chi connectivity index (χ4n) is 2.41. The molecule has 0 saturated carbocycles. The first-order chi connectivity index (χ1) is 11.5. The molecule has 1 aromatic rings. The molecule has 0 aliphatic carbocycles. The monoisotopic (exact) mass is 337 g/mol. The lowest BCUT2D eigenvalue weighted by atomic mass is 9.89. The predicted molar refractivity (Wildman–Crippen MR) is 94.6 cm³/mol. The van der Waals surface area contributed by atoms with Gasteiger partial charge in [0.2, 0.25) is 5.75 Å². The largest absolute Gasteiger partial charge is 0.493 e. The van der Waals surface area contributed by atoms with Gasteiger partial charge in [-0.15, -0.1) is 0 Å². The molecule has 1 aliphatic heterocycles. The maximum absolute atomic E-state index is 5.38. The Labute approximate surface area is 143 Å². The molecule has 0 amide bonds. The van der Waals surface area contributed by atoms with E-state index in [9.17, 15) is 0 Å². The highest BCUT2D eigenvalue weighted by atomic mass is 16.5. The summed E-state index contributed by atoms with van der Waals surface area (Å²) < 4.78 is 21.4. The van der Waals surface area contributed by atoms with Gasteiger partial charge in [-0.25, -0.2) is 0 Å². The van der Waals surface area contributed by atoms with Crippen molar-refractivity contribution in [3.63, 3.8) is 0 Å². The average molecular weight is 337 g/mol. The molecule has 0 aromatic heterocycles. The number of guanidine groups is 1. The van der Waals surface area contributed by atoms with E-state index in [1.54, 1.807) is 21.3 Å². The predicted octanol–water partition coefficient (Wildman–Crippen LogP) is 2.13. The molecule has 1 aliphatic rings. The van der Waals surface area contributed by atoms with E-state index in [2.05, 4.69) is 22.5 Å². The Bertz CT molecular complexity index is 560. The molecule has 1 aromatic carbocycles. The van der Waals surface area contributed by atoms with E-state index < -0.39 is 0 Å². The molecule has 0 bridgehead atoms. The molecule has 0 spiro atoms. The van der Waals surface area contributed by atoms with Crippen LogP contribution in [-0.4, -0.2) is 53.6 Å². The molecule has 0 atom stereocenters. The molecule has 1 heterocycles. The minimum absolute atomic E-state index is 0.123. The van der Waals surface area contributed by atoms with Gasteiger partial charge in [0, 0.05) is 29.8 Å². The van der Waals surface area contributed by atoms with Crippen molar-refractivity contribution in [1.82, 2.24) is 5.32 Å². The summed E-state index contributed by atoms with van der Waals surface area (Å²) in [6, 6.07) is 3.70. The lowest BCUT2D eigenvalue weighted by Gasteiger charge is -2.36. The number of ether oxygens (including phenoxy) is 4. The van der Waals surface area contributed by atoms with Gasteiger partial charge in [-0.05, 0) is 6.92 Å². The Hall–Kier alpha value is -2.15. The van der Waals surface area contributed by atoms with E-state index in [4.69, 9.17) is 18.9 Å². The third-order valence-corrected chi connectivity index (χ3v) is 3.79. The van der Waals surface area contributed by atoms with Crippen LogP contribution in [0.3, 0.4) is 0 Å². The first-order valence-corrected chi connectivity index (χ1v) is 7.98. The smallest absolute Gasteiger partial charge is 0.203 e. The van der Waals surface area contributed by atoms with Crippen LogP contribution in [0.2, 0.25) is 0 Å². The van der Waals surface area contributed by atoms with Gasteiger partial charge in [0.25, 0.3) is 0 Å². The molecule has 2 rings (SSSR count). The maximum Gasteiger partial charge on any atom is 0.203 e. The van der Waals surface area contributed by atoms with Crippen molar-refractivity contribution in [1.29, 1.82) is 0 Å². The van der Waals surface area contributed by atoms with Gasteiger partial charge in [-0.2, -0.15) is 0 Å². The molecular formula is C17H27N3O4. The van der Waals surface area contributed by atoms with E-state index >= 15 is 0 Å². The molecule has 24 heavy (non-hydrogen) atoms. The average Bonchev–Trinajstić information content (AvgIpc) is 2.57. The number of hydrogen-bond acceptors (Lipinski definition) is 5. The van der Waals surface area contributed by atoms with Crippen LogP contribution in [0.5, 0.6) is 17.2 Å². The van der Waals surface area contributed by atoms with Gasteiger partial charge in [0.1, 0.15) is 0 Å². The molecule has 1 saturated heterocycles. The maximum atomic E-state index is 5.38. The van der Waals surface area contributed by atoms with Crippen LogP contribution in [0.1, 0.15) is 13.8 Å². The number of rotatable bonds is 7. The summed E-state index contributed by atoms with van der Waals surface area (Å²) in [6.45, 7) is 7.17. The number of aliphatic imine (C=N–C) groups is 1. The lowest BCUT2D eigenvalue weighted by Crippen LogP contribution is -2.43. The number of benzene rings is 1. The topological polar surface area (TPSA) is 73.3 Å². The van der Waals surface area contributed by atoms with E-state index in [1.165, 1.54) is 0 Å². The second-order valence-corrected chi connectivity index (χ2v) is 6.04. The summed E-state index contributed by atoms with van der Waals surface area (Å²) in [4.78, 5) is 4.66. The van der Waals surface area contributed by atoms with Crippen LogP contribution in [0.4, 0.5) is 5.69 Å². The highest BCUT2D eigenvalue weighted by Gasteiger charge is 2.33. The number of anilines is 1. The molecule has 1 fully saturated rings. The van der Waals surface area contributed by atoms with Gasteiger partial charge in [-0.3, -0.25) is 4.99 Å². The molecular weight excluding hydrogens is 310 g/mol. The number of methoxy groups -OCH3 is 3. The van der Waals surface area contributed by atoms with E-state index in [1.807, 2.05) is 19.1 Å². The fourth-order valence-corrected chi connectivity index (χ4v) is 2.41. The number of nitrogens with zero attached hydrogens (tertiary/aromatic N) is 1. The van der Waals surface area contributed by atoms with Gasteiger partial charge in [0.05, 0.1) is 41.1 Å². The van der Waals surface area contributed by atoms with Crippen molar-refractivity contribution in [2.24, 2.45) is 10.4 Å². The Balaban J connectivity index is 2.20. The quantitative estimate of drug-likeness (QED) is 0.586. The molecule has 134 valence electrons. The minimum atomic E-state index is 0.123. The Morgan fingerprint density at radius 2 is 1.79 bits per heavy atom. The zero-order valence-electron chi connectivity index (χ0n) is 15.1. The first-order valence-electron chi connectivity index (χ1n) is 7.98. The third kappa shape index (κ3) is 4.23. The van der Waals surface area contributed by atoms with E-state index in [0.29, 0.717) is 29.8 Å². The fraction of sp³-hybridized carbons (Fsp3) is 0.588. The first kappa shape index (κ1) is 18.2. The van der Waals surface area contributed by atoms with Crippen LogP contribution in [0, 0.1) is 5.41 Å². The highest BCUT2D eigenvalue weighted by Crippen LogP contribution is 2.39. The van der Waals surface area contributed by atoms with Gasteiger partial charge in [-0.1, -0.05) is 6.92 Å². The summed E-state index contributed by atoms with van der Waals surface area (Å²) in [5, 5.41) is 6.52. The van der Waals surface area contributed by atoms with Crippen molar-refractivity contribution >= 4 is 11.6 Å². The van der Waals surface area contributed by atoms with Gasteiger partial charge < -0.3 is 29.6 Å². The van der Waals surface area contributed by atoms with Crippen LogP contribution < -0.4 is 24.8 Å². The molecule has 0 unspecified atom stereocenters. The van der Waals surface area contributed by atoms with Crippen molar-refractivity contribution in [3.05, 3.63) is 12.1 Å². The van der Waals surface area contributed by atoms with Gasteiger partial charge >= 0.3 is 0 Å². The lowest BCUT2D eigenvalue weighted by molar-refractivity contribution is -0.0945. The standard InChI is InChI=1S/C17H27N3O4/c1-6-18-16(19-9-17(2)10-24-11-17)20-12-7-13(21-3)15(23-5)14(8-12)22-4/h7-8H,6,9-11H2,1-5H3,(H2,18,19,20). The van der Waals surface area contributed by atoms with Crippen LogP contribution >= 0.6 is 0 Å². The summed E-state index contributed by atoms with van der Waals surface area (Å²) in [7, 11) is 4.77.